The summed E-state index contributed by atoms with van der Waals surface area (Å²) in [6.07, 6.45) is 6.36. The van der Waals surface area contributed by atoms with Crippen LogP contribution in [0.15, 0.2) is 22.2 Å². The molecule has 1 aliphatic heterocycles. The molecule has 2 aromatic heterocycles. The molecule has 0 aromatic carbocycles. The second-order valence-electron chi connectivity index (χ2n) is 6.09. The minimum atomic E-state index is -0.345. The van der Waals surface area contributed by atoms with Crippen LogP contribution in [0.5, 0.6) is 0 Å². The van der Waals surface area contributed by atoms with Gasteiger partial charge in [-0.15, -0.1) is 6.58 Å². The zero-order valence-corrected chi connectivity index (χ0v) is 13.8. The van der Waals surface area contributed by atoms with Crippen molar-refractivity contribution in [2.75, 3.05) is 18.0 Å². The van der Waals surface area contributed by atoms with E-state index in [1.165, 1.54) is 19.9 Å². The van der Waals surface area contributed by atoms with Crippen LogP contribution in [0.2, 0.25) is 0 Å². The number of allylic oxidation sites excluding steroid dienone is 1. The molecule has 0 bridgehead atoms. The summed E-state index contributed by atoms with van der Waals surface area (Å²) < 4.78 is 4.54. The lowest BCUT2D eigenvalue weighted by atomic mass is 10.2. The van der Waals surface area contributed by atoms with Gasteiger partial charge in [-0.05, 0) is 12.8 Å². The van der Waals surface area contributed by atoms with Crippen LogP contribution in [0.3, 0.4) is 0 Å². The van der Waals surface area contributed by atoms with Crippen LogP contribution >= 0.6 is 0 Å². The van der Waals surface area contributed by atoms with Crippen LogP contribution in [0.25, 0.3) is 11.2 Å². The third kappa shape index (κ3) is 2.50. The third-order valence-corrected chi connectivity index (χ3v) is 4.52. The molecule has 0 spiro atoms. The highest BCUT2D eigenvalue weighted by Gasteiger charge is 2.22. The van der Waals surface area contributed by atoms with E-state index in [4.69, 9.17) is 0 Å². The summed E-state index contributed by atoms with van der Waals surface area (Å²) in [5, 5.41) is 0. The molecule has 0 atom stereocenters. The summed E-state index contributed by atoms with van der Waals surface area (Å²) >= 11 is 0. The molecule has 23 heavy (non-hydrogen) atoms. The number of nitrogens with zero attached hydrogens (tertiary/aromatic N) is 5. The van der Waals surface area contributed by atoms with E-state index in [2.05, 4.69) is 16.5 Å². The molecule has 0 unspecified atom stereocenters. The molecule has 0 saturated carbocycles. The first-order chi connectivity index (χ1) is 11.1. The first-order valence-electron chi connectivity index (χ1n) is 8.08. The van der Waals surface area contributed by atoms with E-state index >= 15 is 0 Å². The first-order valence-corrected chi connectivity index (χ1v) is 8.08. The van der Waals surface area contributed by atoms with Crippen molar-refractivity contribution in [2.24, 2.45) is 14.1 Å². The number of aromatic nitrogens is 4. The van der Waals surface area contributed by atoms with Crippen molar-refractivity contribution in [1.29, 1.82) is 0 Å². The molecule has 0 aliphatic carbocycles. The van der Waals surface area contributed by atoms with Gasteiger partial charge < -0.3 is 4.90 Å². The maximum Gasteiger partial charge on any atom is 0.332 e. The average molecular weight is 317 g/mol. The lowest BCUT2D eigenvalue weighted by Crippen LogP contribution is -2.38. The summed E-state index contributed by atoms with van der Waals surface area (Å²) in [7, 11) is 3.36. The number of rotatable bonds is 3. The van der Waals surface area contributed by atoms with E-state index in [0.717, 1.165) is 36.4 Å². The van der Waals surface area contributed by atoms with Crippen molar-refractivity contribution in [3.8, 4) is 0 Å². The van der Waals surface area contributed by atoms with Crippen LogP contribution in [0.4, 0.5) is 5.95 Å². The fourth-order valence-corrected chi connectivity index (χ4v) is 3.30. The number of hydrogen-bond acceptors (Lipinski definition) is 4. The molecule has 3 heterocycles. The molecule has 1 fully saturated rings. The maximum atomic E-state index is 12.5. The van der Waals surface area contributed by atoms with Gasteiger partial charge in [-0.25, -0.2) is 9.78 Å². The highest BCUT2D eigenvalue weighted by atomic mass is 16.2. The lowest BCUT2D eigenvalue weighted by Gasteiger charge is -2.21. The second kappa shape index (κ2) is 6.06. The molecule has 7 heteroatoms. The van der Waals surface area contributed by atoms with E-state index < -0.39 is 0 Å². The second-order valence-corrected chi connectivity index (χ2v) is 6.09. The van der Waals surface area contributed by atoms with Gasteiger partial charge in [0.1, 0.15) is 0 Å². The third-order valence-electron chi connectivity index (χ3n) is 4.52. The van der Waals surface area contributed by atoms with E-state index in [1.807, 2.05) is 11.6 Å². The summed E-state index contributed by atoms with van der Waals surface area (Å²) in [6.45, 7) is 5.92. The van der Waals surface area contributed by atoms with Crippen molar-refractivity contribution in [3.63, 3.8) is 0 Å². The van der Waals surface area contributed by atoms with Crippen molar-refractivity contribution in [2.45, 2.75) is 32.2 Å². The SMILES string of the molecule is C=CCn1c(=O)n(C)c(=O)c2nc(N3CCCCCC3)n(C)c21. The largest absolute Gasteiger partial charge is 0.342 e. The van der Waals surface area contributed by atoms with Crippen LogP contribution in [-0.2, 0) is 20.6 Å². The number of anilines is 1. The topological polar surface area (TPSA) is 65.1 Å². The predicted molar refractivity (Wildman–Crippen MR) is 91.1 cm³/mol. The summed E-state index contributed by atoms with van der Waals surface area (Å²) in [6, 6.07) is 0. The molecule has 124 valence electrons. The predicted octanol–water partition coefficient (Wildman–Crippen LogP) is 1.00. The molecule has 0 N–H and O–H groups in total. The monoisotopic (exact) mass is 317 g/mol. The fraction of sp³-hybridized carbons (Fsp3) is 0.562. The molecule has 0 amide bonds. The Labute approximate surface area is 134 Å². The normalized spacial score (nSPS) is 15.8. The Hall–Kier alpha value is -2.31. The van der Waals surface area contributed by atoms with Crippen LogP contribution in [0, 0.1) is 0 Å². The summed E-state index contributed by atoms with van der Waals surface area (Å²) in [4.78, 5) is 31.7. The highest BCUT2D eigenvalue weighted by Crippen LogP contribution is 2.21. The van der Waals surface area contributed by atoms with Crippen LogP contribution < -0.4 is 16.1 Å². The zero-order chi connectivity index (χ0) is 16.6. The molecule has 7 nitrogen and oxygen atoms in total. The quantitative estimate of drug-likeness (QED) is 0.792. The van der Waals surface area contributed by atoms with Gasteiger partial charge in [-0.3, -0.25) is 18.5 Å². The Morgan fingerprint density at radius 2 is 1.74 bits per heavy atom. The average Bonchev–Trinajstić information content (AvgIpc) is 2.74. The van der Waals surface area contributed by atoms with Crippen molar-refractivity contribution in [1.82, 2.24) is 18.7 Å². The zero-order valence-electron chi connectivity index (χ0n) is 13.8. The molecule has 0 radical (unpaired) electrons. The maximum absolute atomic E-state index is 12.5. The van der Waals surface area contributed by atoms with Crippen molar-refractivity contribution in [3.05, 3.63) is 33.5 Å². The number of aryl methyl sites for hydroxylation is 1. The molecular formula is C16H23N5O2. The van der Waals surface area contributed by atoms with Gasteiger partial charge in [0.2, 0.25) is 5.95 Å². The van der Waals surface area contributed by atoms with Gasteiger partial charge in [0, 0.05) is 33.7 Å². The number of hydrogen-bond donors (Lipinski definition) is 0. The Morgan fingerprint density at radius 1 is 1.09 bits per heavy atom. The van der Waals surface area contributed by atoms with E-state index in [-0.39, 0.29) is 11.2 Å². The van der Waals surface area contributed by atoms with E-state index in [1.54, 1.807) is 10.6 Å². The van der Waals surface area contributed by atoms with Crippen molar-refractivity contribution >= 4 is 17.1 Å². The number of imidazole rings is 1. The Balaban J connectivity index is 2.27. The van der Waals surface area contributed by atoms with Gasteiger partial charge in [-0.2, -0.15) is 0 Å². The van der Waals surface area contributed by atoms with Crippen LogP contribution in [-0.4, -0.2) is 31.8 Å². The summed E-state index contributed by atoms with van der Waals surface area (Å²) in [5.41, 5.74) is 0.225. The Morgan fingerprint density at radius 3 is 2.35 bits per heavy atom. The van der Waals surface area contributed by atoms with Crippen LogP contribution in [0.1, 0.15) is 25.7 Å². The van der Waals surface area contributed by atoms with E-state index in [9.17, 15) is 9.59 Å². The Bertz CT molecular complexity index is 850. The lowest BCUT2D eigenvalue weighted by molar-refractivity contribution is 0.664. The molecule has 2 aromatic rings. The molecule has 1 aliphatic rings. The fourth-order valence-electron chi connectivity index (χ4n) is 3.30. The van der Waals surface area contributed by atoms with Gasteiger partial charge in [0.05, 0.1) is 0 Å². The minimum Gasteiger partial charge on any atom is -0.342 e. The number of fused-ring (bicyclic) bond motifs is 1. The van der Waals surface area contributed by atoms with Gasteiger partial charge in [-0.1, -0.05) is 18.9 Å². The summed E-state index contributed by atoms with van der Waals surface area (Å²) in [5.74, 6) is 0.766. The van der Waals surface area contributed by atoms with Crippen molar-refractivity contribution < 1.29 is 0 Å². The van der Waals surface area contributed by atoms with Gasteiger partial charge in [0.15, 0.2) is 11.2 Å². The minimum absolute atomic E-state index is 0.340. The first kappa shape index (κ1) is 15.6. The highest BCUT2D eigenvalue weighted by molar-refractivity contribution is 5.74. The standard InChI is InChI=1S/C16H23N5O2/c1-4-9-21-13-12(14(22)19(3)16(21)23)17-15(18(13)2)20-10-7-5-6-8-11-20/h4H,1,5-11H2,2-3H3. The Kier molecular flexibility index (Phi) is 4.11. The smallest absolute Gasteiger partial charge is 0.332 e. The van der Waals surface area contributed by atoms with Gasteiger partial charge >= 0.3 is 5.69 Å². The van der Waals surface area contributed by atoms with Gasteiger partial charge in [0.25, 0.3) is 5.56 Å². The molecule has 1 saturated heterocycles. The molecular weight excluding hydrogens is 294 g/mol. The van der Waals surface area contributed by atoms with E-state index in [0.29, 0.717) is 17.7 Å². The molecule has 3 rings (SSSR count).